The van der Waals surface area contributed by atoms with E-state index in [1.54, 1.807) is 0 Å². The molecule has 1 unspecified atom stereocenters. The summed E-state index contributed by atoms with van der Waals surface area (Å²) < 4.78 is 25.7. The van der Waals surface area contributed by atoms with Crippen LogP contribution >= 0.6 is 11.8 Å². The molecule has 0 aliphatic heterocycles. The van der Waals surface area contributed by atoms with Gasteiger partial charge in [-0.15, -0.1) is 11.8 Å². The molecule has 0 saturated carbocycles. The van der Waals surface area contributed by atoms with Gasteiger partial charge in [0.25, 0.3) is 0 Å². The molecule has 0 bridgehead atoms. The number of hydrogen-bond acceptors (Lipinski definition) is 2. The third-order valence-corrected chi connectivity index (χ3v) is 3.88. The van der Waals surface area contributed by atoms with Crippen LogP contribution in [0.1, 0.15) is 46.0 Å². The number of unbranched alkanes of at least 4 members (excludes halogenated alkanes) is 1. The van der Waals surface area contributed by atoms with Crippen molar-refractivity contribution in [2.75, 3.05) is 5.75 Å². The van der Waals surface area contributed by atoms with Gasteiger partial charge in [0.1, 0.15) is 5.25 Å². The summed E-state index contributed by atoms with van der Waals surface area (Å²) in [7, 11) is 0. The maximum atomic E-state index is 12.8. The van der Waals surface area contributed by atoms with Gasteiger partial charge in [-0.25, -0.2) is 8.78 Å². The number of thioether (sulfide) groups is 1. The van der Waals surface area contributed by atoms with E-state index in [9.17, 15) is 13.6 Å². The zero-order valence-electron chi connectivity index (χ0n) is 9.84. The van der Waals surface area contributed by atoms with Crippen LogP contribution in [0.2, 0.25) is 0 Å². The van der Waals surface area contributed by atoms with Crippen LogP contribution in [-0.2, 0) is 4.79 Å². The first kappa shape index (κ1) is 15.7. The van der Waals surface area contributed by atoms with Crippen molar-refractivity contribution in [1.29, 1.82) is 0 Å². The van der Waals surface area contributed by atoms with E-state index in [0.29, 0.717) is 25.0 Å². The molecule has 0 aliphatic carbocycles. The third kappa shape index (κ3) is 7.04. The molecule has 96 valence electrons. The number of aliphatic carboxylic acids is 1. The molecule has 0 spiro atoms. The van der Waals surface area contributed by atoms with Gasteiger partial charge in [0.15, 0.2) is 0 Å². The van der Waals surface area contributed by atoms with E-state index in [-0.39, 0.29) is 12.8 Å². The summed E-state index contributed by atoms with van der Waals surface area (Å²) in [5.41, 5.74) is 0. The molecule has 0 aliphatic rings. The fraction of sp³-hybridized carbons (Fsp3) is 0.909. The van der Waals surface area contributed by atoms with Crippen LogP contribution in [-0.4, -0.2) is 28.0 Å². The van der Waals surface area contributed by atoms with Gasteiger partial charge in [-0.2, -0.15) is 0 Å². The Labute approximate surface area is 99.8 Å². The van der Waals surface area contributed by atoms with Crippen molar-refractivity contribution >= 4 is 17.7 Å². The van der Waals surface area contributed by atoms with Crippen LogP contribution in [0, 0.1) is 0 Å². The Morgan fingerprint density at radius 3 is 2.44 bits per heavy atom. The average Bonchev–Trinajstić information content (AvgIpc) is 2.22. The van der Waals surface area contributed by atoms with Gasteiger partial charge >= 0.3 is 5.97 Å². The van der Waals surface area contributed by atoms with E-state index >= 15 is 0 Å². The first-order chi connectivity index (χ1) is 7.43. The first-order valence-corrected chi connectivity index (χ1v) is 6.70. The minimum absolute atomic E-state index is 0.0894. The Kier molecular flexibility index (Phi) is 7.72. The van der Waals surface area contributed by atoms with E-state index in [0.717, 1.165) is 0 Å². The molecule has 0 fully saturated rings. The van der Waals surface area contributed by atoms with E-state index in [4.69, 9.17) is 5.11 Å². The quantitative estimate of drug-likeness (QED) is 0.636. The molecule has 0 heterocycles. The summed E-state index contributed by atoms with van der Waals surface area (Å²) in [6.07, 6.45) is 1.49. The van der Waals surface area contributed by atoms with Crippen LogP contribution in [0.5, 0.6) is 0 Å². The Balaban J connectivity index is 3.57. The van der Waals surface area contributed by atoms with Crippen LogP contribution in [0.4, 0.5) is 8.78 Å². The first-order valence-electron chi connectivity index (χ1n) is 5.65. The van der Waals surface area contributed by atoms with Gasteiger partial charge in [-0.3, -0.25) is 4.79 Å². The Morgan fingerprint density at radius 2 is 2.00 bits per heavy atom. The van der Waals surface area contributed by atoms with Crippen LogP contribution in [0.25, 0.3) is 0 Å². The number of rotatable bonds is 9. The molecular formula is C11H20F2O2S. The second kappa shape index (κ2) is 7.87. The van der Waals surface area contributed by atoms with Crippen molar-refractivity contribution in [1.82, 2.24) is 0 Å². The highest BCUT2D eigenvalue weighted by Gasteiger charge is 2.24. The van der Waals surface area contributed by atoms with Gasteiger partial charge in [0.05, 0.1) is 0 Å². The van der Waals surface area contributed by atoms with Gasteiger partial charge in [0, 0.05) is 12.8 Å². The summed E-state index contributed by atoms with van der Waals surface area (Å²) in [6.45, 7) is 3.29. The molecule has 1 atom stereocenters. The number of carboxylic acid groups (broad SMARTS) is 1. The topological polar surface area (TPSA) is 37.3 Å². The molecule has 16 heavy (non-hydrogen) atoms. The molecule has 0 saturated heterocycles. The summed E-state index contributed by atoms with van der Waals surface area (Å²) in [5.74, 6) is -2.72. The second-order valence-corrected chi connectivity index (χ2v) is 5.08. The van der Waals surface area contributed by atoms with Gasteiger partial charge in [-0.05, 0) is 25.0 Å². The zero-order chi connectivity index (χ0) is 12.6. The minimum atomic E-state index is -2.55. The molecule has 0 amide bonds. The van der Waals surface area contributed by atoms with Gasteiger partial charge in [0.2, 0.25) is 5.92 Å². The van der Waals surface area contributed by atoms with Crippen molar-refractivity contribution in [3.8, 4) is 0 Å². The molecule has 5 heteroatoms. The Morgan fingerprint density at radius 1 is 1.38 bits per heavy atom. The molecule has 0 aromatic carbocycles. The fourth-order valence-corrected chi connectivity index (χ4v) is 2.29. The maximum Gasteiger partial charge on any atom is 0.316 e. The van der Waals surface area contributed by atoms with E-state index in [1.807, 2.05) is 6.92 Å². The lowest BCUT2D eigenvalue weighted by atomic mass is 10.1. The van der Waals surface area contributed by atoms with Crippen LogP contribution < -0.4 is 0 Å². The number of halogens is 2. The number of carboxylic acids is 1. The van der Waals surface area contributed by atoms with Gasteiger partial charge < -0.3 is 5.11 Å². The third-order valence-electron chi connectivity index (χ3n) is 2.42. The highest BCUT2D eigenvalue weighted by Crippen LogP contribution is 2.25. The molecule has 0 aromatic rings. The highest BCUT2D eigenvalue weighted by molar-refractivity contribution is 8.00. The Bertz CT molecular complexity index is 210. The van der Waals surface area contributed by atoms with Crippen molar-refractivity contribution in [2.24, 2.45) is 0 Å². The SMILES string of the molecule is CCC(SCCCCC(F)(F)CC)C(=O)O. The predicted molar refractivity (Wildman–Crippen MR) is 63.3 cm³/mol. The summed E-state index contributed by atoms with van der Waals surface area (Å²) in [4.78, 5) is 10.7. The molecule has 0 rings (SSSR count). The van der Waals surface area contributed by atoms with Gasteiger partial charge in [-0.1, -0.05) is 13.8 Å². The second-order valence-electron chi connectivity index (χ2n) is 3.77. The lowest BCUT2D eigenvalue weighted by Crippen LogP contribution is -2.16. The van der Waals surface area contributed by atoms with E-state index in [1.165, 1.54) is 18.7 Å². The molecule has 0 radical (unpaired) electrons. The molecule has 0 aromatic heterocycles. The van der Waals surface area contributed by atoms with Crippen LogP contribution in [0.15, 0.2) is 0 Å². The largest absolute Gasteiger partial charge is 0.480 e. The molecular weight excluding hydrogens is 234 g/mol. The zero-order valence-corrected chi connectivity index (χ0v) is 10.7. The number of alkyl halides is 2. The summed E-state index contributed by atoms with van der Waals surface area (Å²) in [5, 5.41) is 8.36. The Hall–Kier alpha value is -0.320. The lowest BCUT2D eigenvalue weighted by Gasteiger charge is -2.13. The van der Waals surface area contributed by atoms with Crippen molar-refractivity contribution in [3.63, 3.8) is 0 Å². The smallest absolute Gasteiger partial charge is 0.316 e. The van der Waals surface area contributed by atoms with Crippen molar-refractivity contribution in [3.05, 3.63) is 0 Å². The number of carbonyl (C=O) groups is 1. The van der Waals surface area contributed by atoms with E-state index in [2.05, 4.69) is 0 Å². The lowest BCUT2D eigenvalue weighted by molar-refractivity contribution is -0.136. The monoisotopic (exact) mass is 254 g/mol. The highest BCUT2D eigenvalue weighted by atomic mass is 32.2. The number of hydrogen-bond donors (Lipinski definition) is 1. The van der Waals surface area contributed by atoms with Crippen molar-refractivity contribution in [2.45, 2.75) is 57.1 Å². The van der Waals surface area contributed by atoms with Crippen molar-refractivity contribution < 1.29 is 18.7 Å². The summed E-state index contributed by atoms with van der Waals surface area (Å²) in [6, 6.07) is 0. The fourth-order valence-electron chi connectivity index (χ4n) is 1.25. The minimum Gasteiger partial charge on any atom is -0.480 e. The standard InChI is InChI=1S/C11H20F2O2S/c1-3-9(10(14)15)16-8-6-5-7-11(12,13)4-2/h9H,3-8H2,1-2H3,(H,14,15). The predicted octanol–water partition coefficient (Wildman–Crippen LogP) is 3.80. The normalized spacial score (nSPS) is 13.8. The summed E-state index contributed by atoms with van der Waals surface area (Å²) >= 11 is 1.34. The molecule has 2 nitrogen and oxygen atoms in total. The maximum absolute atomic E-state index is 12.8. The average molecular weight is 254 g/mol. The van der Waals surface area contributed by atoms with Crippen LogP contribution in [0.3, 0.4) is 0 Å². The molecule has 1 N–H and O–H groups in total. The van der Waals surface area contributed by atoms with E-state index < -0.39 is 17.1 Å².